The number of piperidine rings is 2. The highest BCUT2D eigenvalue weighted by Gasteiger charge is 2.25. The van der Waals surface area contributed by atoms with Crippen molar-refractivity contribution in [1.29, 1.82) is 0 Å². The first-order valence-corrected chi connectivity index (χ1v) is 16.9. The largest absolute Gasteiger partial charge is 0.491 e. The Morgan fingerprint density at radius 1 is 0.682 bits per heavy atom. The summed E-state index contributed by atoms with van der Waals surface area (Å²) in [5.74, 6) is 2.58. The average Bonchev–Trinajstić information content (AvgIpc) is 3.46. The first-order valence-electron chi connectivity index (χ1n) is 16.9. The molecule has 2 fully saturated rings. The zero-order valence-electron chi connectivity index (χ0n) is 26.8. The number of unbranched alkanes of at least 4 members (excludes halogenated alkanes) is 3. The topological polar surface area (TPSA) is 46.4 Å². The van der Waals surface area contributed by atoms with Crippen LogP contribution in [0.2, 0.25) is 0 Å². The maximum Gasteiger partial charge on any atom is 0.168 e. The summed E-state index contributed by atoms with van der Waals surface area (Å²) in [5.41, 5.74) is 5.62. The van der Waals surface area contributed by atoms with Crippen molar-refractivity contribution in [1.82, 2.24) is 24.6 Å². The van der Waals surface area contributed by atoms with E-state index < -0.39 is 0 Å². The number of ether oxygens (including phenoxy) is 1. The maximum absolute atomic E-state index is 6.44. The van der Waals surface area contributed by atoms with E-state index in [4.69, 9.17) is 4.74 Å². The van der Waals surface area contributed by atoms with Crippen molar-refractivity contribution < 1.29 is 4.74 Å². The van der Waals surface area contributed by atoms with Crippen molar-refractivity contribution in [2.24, 2.45) is 0 Å². The molecular formula is C38H49N5O. The van der Waals surface area contributed by atoms with Crippen molar-refractivity contribution in [3.05, 3.63) is 84.2 Å². The van der Waals surface area contributed by atoms with Gasteiger partial charge < -0.3 is 14.5 Å². The second-order valence-electron chi connectivity index (χ2n) is 12.7. The van der Waals surface area contributed by atoms with Gasteiger partial charge in [0.1, 0.15) is 11.6 Å². The van der Waals surface area contributed by atoms with Gasteiger partial charge in [0.2, 0.25) is 0 Å². The molecule has 2 aliphatic heterocycles. The molecule has 2 saturated heterocycles. The molecule has 6 rings (SSSR count). The Bertz CT molecular complexity index is 1450. The third-order valence-corrected chi connectivity index (χ3v) is 9.59. The molecule has 0 atom stereocenters. The van der Waals surface area contributed by atoms with Gasteiger partial charge in [-0.25, -0.2) is 0 Å². The molecule has 6 heteroatoms. The standard InChI is InChI=1S/C38H49N5O/c1-30-14-13-17-36(44-29-12-4-3-9-24-41-27-22-35(23-28-41)42-25-10-6-11-26-42)37(30)43-31(2)39-40-38(43)34-20-18-33(19-21-34)32-15-7-5-8-16-32/h5,7-8,13-21,35H,3-4,6,9-12,22-29H2,1-2H3. The molecule has 0 radical (unpaired) electrons. The molecule has 4 aromatic rings. The molecular weight excluding hydrogens is 542 g/mol. The highest BCUT2D eigenvalue weighted by Crippen LogP contribution is 2.33. The minimum Gasteiger partial charge on any atom is -0.491 e. The molecule has 0 N–H and O–H groups in total. The number of aryl methyl sites for hydroxylation is 2. The van der Waals surface area contributed by atoms with Crippen LogP contribution in [-0.4, -0.2) is 69.9 Å². The molecule has 3 aromatic carbocycles. The van der Waals surface area contributed by atoms with Gasteiger partial charge in [0.15, 0.2) is 5.82 Å². The van der Waals surface area contributed by atoms with E-state index >= 15 is 0 Å². The van der Waals surface area contributed by atoms with E-state index in [-0.39, 0.29) is 0 Å². The summed E-state index contributed by atoms with van der Waals surface area (Å²) in [4.78, 5) is 5.47. The van der Waals surface area contributed by atoms with Crippen LogP contribution >= 0.6 is 0 Å². The molecule has 2 aliphatic rings. The van der Waals surface area contributed by atoms with Gasteiger partial charge in [0.25, 0.3) is 0 Å². The van der Waals surface area contributed by atoms with E-state index in [1.165, 1.54) is 95.2 Å². The fourth-order valence-corrected chi connectivity index (χ4v) is 7.06. The van der Waals surface area contributed by atoms with Gasteiger partial charge in [-0.05, 0) is 108 Å². The molecule has 6 nitrogen and oxygen atoms in total. The third-order valence-electron chi connectivity index (χ3n) is 9.59. The number of nitrogens with zero attached hydrogens (tertiary/aromatic N) is 5. The molecule has 0 bridgehead atoms. The number of hydrogen-bond acceptors (Lipinski definition) is 5. The number of benzene rings is 3. The van der Waals surface area contributed by atoms with Gasteiger partial charge in [-0.2, -0.15) is 0 Å². The Hall–Kier alpha value is -3.48. The van der Waals surface area contributed by atoms with E-state index in [1.54, 1.807) is 0 Å². The minimum absolute atomic E-state index is 0.722. The lowest BCUT2D eigenvalue weighted by molar-refractivity contribution is 0.0917. The molecule has 0 unspecified atom stereocenters. The van der Waals surface area contributed by atoms with E-state index in [0.717, 1.165) is 53.3 Å². The third kappa shape index (κ3) is 7.41. The second-order valence-corrected chi connectivity index (χ2v) is 12.7. The molecule has 0 aliphatic carbocycles. The molecule has 44 heavy (non-hydrogen) atoms. The van der Waals surface area contributed by atoms with E-state index in [9.17, 15) is 0 Å². The first kappa shape index (κ1) is 30.5. The highest BCUT2D eigenvalue weighted by molar-refractivity contribution is 5.69. The number of aromatic nitrogens is 3. The number of para-hydroxylation sites is 1. The number of likely N-dealkylation sites (tertiary alicyclic amines) is 2. The normalized spacial score (nSPS) is 16.8. The quantitative estimate of drug-likeness (QED) is 0.156. The number of hydrogen-bond donors (Lipinski definition) is 0. The summed E-state index contributed by atoms with van der Waals surface area (Å²) in [6.07, 6.45) is 11.8. The maximum atomic E-state index is 6.44. The van der Waals surface area contributed by atoms with Crippen LogP contribution in [0.15, 0.2) is 72.8 Å². The SMILES string of the molecule is Cc1cccc(OCCCCCCN2CCC(N3CCCCC3)CC2)c1-n1c(C)nnc1-c1ccc(-c2ccccc2)cc1. The lowest BCUT2D eigenvalue weighted by Crippen LogP contribution is -2.46. The fourth-order valence-electron chi connectivity index (χ4n) is 7.06. The van der Waals surface area contributed by atoms with Crippen molar-refractivity contribution in [2.75, 3.05) is 39.3 Å². The van der Waals surface area contributed by atoms with Gasteiger partial charge in [-0.15, -0.1) is 10.2 Å². The minimum atomic E-state index is 0.722. The summed E-state index contributed by atoms with van der Waals surface area (Å²) in [7, 11) is 0. The fraction of sp³-hybridized carbons (Fsp3) is 0.474. The lowest BCUT2D eigenvalue weighted by Gasteiger charge is -2.40. The molecule has 0 amide bonds. The van der Waals surface area contributed by atoms with Crippen LogP contribution in [0.4, 0.5) is 0 Å². The second kappa shape index (κ2) is 15.0. The molecule has 3 heterocycles. The van der Waals surface area contributed by atoms with Crippen molar-refractivity contribution in [2.45, 2.75) is 77.7 Å². The Balaban J connectivity index is 1.00. The average molecular weight is 592 g/mol. The summed E-state index contributed by atoms with van der Waals surface area (Å²) >= 11 is 0. The summed E-state index contributed by atoms with van der Waals surface area (Å²) in [5, 5.41) is 9.07. The van der Waals surface area contributed by atoms with Gasteiger partial charge in [0, 0.05) is 11.6 Å². The Kier molecular flexibility index (Phi) is 10.4. The van der Waals surface area contributed by atoms with Crippen LogP contribution < -0.4 is 4.74 Å². The van der Waals surface area contributed by atoms with Crippen LogP contribution in [0.5, 0.6) is 5.75 Å². The predicted molar refractivity (Wildman–Crippen MR) is 181 cm³/mol. The van der Waals surface area contributed by atoms with Crippen LogP contribution in [0.3, 0.4) is 0 Å². The lowest BCUT2D eigenvalue weighted by atomic mass is 9.99. The smallest absolute Gasteiger partial charge is 0.168 e. The first-order chi connectivity index (χ1) is 21.7. The Labute approximate surface area is 264 Å². The molecule has 232 valence electrons. The van der Waals surface area contributed by atoms with Crippen molar-refractivity contribution >= 4 is 0 Å². The summed E-state index contributed by atoms with van der Waals surface area (Å²) in [6.45, 7) is 11.3. The van der Waals surface area contributed by atoms with E-state index in [1.807, 2.05) is 13.0 Å². The predicted octanol–water partition coefficient (Wildman–Crippen LogP) is 8.11. The van der Waals surface area contributed by atoms with Crippen molar-refractivity contribution in [3.8, 4) is 34.0 Å². The summed E-state index contributed by atoms with van der Waals surface area (Å²) < 4.78 is 8.59. The van der Waals surface area contributed by atoms with Crippen LogP contribution in [-0.2, 0) is 0 Å². The van der Waals surface area contributed by atoms with Crippen LogP contribution in [0, 0.1) is 13.8 Å². The van der Waals surface area contributed by atoms with Gasteiger partial charge in [0.05, 0.1) is 12.3 Å². The van der Waals surface area contributed by atoms with E-state index in [0.29, 0.717) is 0 Å². The Morgan fingerprint density at radius 2 is 1.39 bits per heavy atom. The van der Waals surface area contributed by atoms with Gasteiger partial charge in [-0.1, -0.05) is 86.0 Å². The summed E-state index contributed by atoms with van der Waals surface area (Å²) in [6, 6.07) is 26.2. The molecule has 0 saturated carbocycles. The van der Waals surface area contributed by atoms with Gasteiger partial charge >= 0.3 is 0 Å². The van der Waals surface area contributed by atoms with Gasteiger partial charge in [-0.3, -0.25) is 4.57 Å². The van der Waals surface area contributed by atoms with Crippen LogP contribution in [0.25, 0.3) is 28.2 Å². The van der Waals surface area contributed by atoms with Crippen LogP contribution in [0.1, 0.15) is 69.2 Å². The Morgan fingerprint density at radius 3 is 2.16 bits per heavy atom. The zero-order chi connectivity index (χ0) is 30.1. The molecule has 1 aromatic heterocycles. The van der Waals surface area contributed by atoms with E-state index in [2.05, 4.69) is 98.2 Å². The zero-order valence-corrected chi connectivity index (χ0v) is 26.8. The monoisotopic (exact) mass is 591 g/mol. The van der Waals surface area contributed by atoms with Crippen molar-refractivity contribution in [3.63, 3.8) is 0 Å². The number of rotatable bonds is 12. The molecule has 0 spiro atoms. The highest BCUT2D eigenvalue weighted by atomic mass is 16.5.